The number of nitrogens with zero attached hydrogens (tertiary/aromatic N) is 3. The summed E-state index contributed by atoms with van der Waals surface area (Å²) in [6.45, 7) is 0. The number of carbonyl (C=O) groups is 2. The van der Waals surface area contributed by atoms with E-state index in [-0.39, 0.29) is 23.4 Å². The summed E-state index contributed by atoms with van der Waals surface area (Å²) >= 11 is 1.62. The number of aromatic nitrogens is 1. The van der Waals surface area contributed by atoms with E-state index in [0.29, 0.717) is 34.0 Å². The van der Waals surface area contributed by atoms with Crippen LogP contribution in [0.25, 0.3) is 0 Å². The number of nitrogens with one attached hydrogen (secondary N) is 1. The van der Waals surface area contributed by atoms with Crippen LogP contribution in [-0.2, 0) is 10.3 Å². The van der Waals surface area contributed by atoms with Crippen LogP contribution in [0.2, 0.25) is 0 Å². The van der Waals surface area contributed by atoms with Crippen molar-refractivity contribution in [1.82, 2.24) is 9.88 Å². The molecule has 1 spiro atoms. The first-order valence-corrected chi connectivity index (χ1v) is 12.2. The first-order valence-electron chi connectivity index (χ1n) is 11.1. The van der Waals surface area contributed by atoms with Gasteiger partial charge in [0.15, 0.2) is 5.78 Å². The van der Waals surface area contributed by atoms with Crippen molar-refractivity contribution in [3.63, 3.8) is 0 Å². The van der Waals surface area contributed by atoms with E-state index < -0.39 is 28.1 Å². The number of carbonyl (C=O) groups excluding carboxylic acids is 2. The molecule has 1 amide bonds. The Kier molecular flexibility index (Phi) is 4.97. The number of fused-ring (bicyclic) bond motifs is 4. The van der Waals surface area contributed by atoms with Crippen molar-refractivity contribution in [3.8, 4) is 0 Å². The molecule has 0 saturated carbocycles. The molecule has 8 nitrogen and oxygen atoms in total. The molecule has 1 aromatic heterocycles. The first-order chi connectivity index (χ1) is 16.9. The Labute approximate surface area is 203 Å². The number of Topliss-reactive ketones (excluding diaryl/α,β-unsaturated/α-hetero) is 1. The van der Waals surface area contributed by atoms with E-state index in [4.69, 9.17) is 0 Å². The van der Waals surface area contributed by atoms with Crippen LogP contribution >= 0.6 is 11.8 Å². The molecule has 10 heteroatoms. The van der Waals surface area contributed by atoms with Crippen LogP contribution in [0, 0.1) is 21.8 Å². The molecule has 2 fully saturated rings. The summed E-state index contributed by atoms with van der Waals surface area (Å²) < 4.78 is 14.5. The zero-order chi connectivity index (χ0) is 24.3. The maximum absolute atomic E-state index is 14.5. The van der Waals surface area contributed by atoms with Crippen molar-refractivity contribution in [2.45, 2.75) is 17.5 Å². The SMILES string of the molecule is O=C(c1cccnc1)[C@@H]1[C@@H](c2cccc([N+](=O)[O-])c2)[C@@H]2CSCN2[C@@]12C(=O)Nc1ccc(F)cc12. The van der Waals surface area contributed by atoms with Crippen LogP contribution in [-0.4, -0.2) is 44.2 Å². The van der Waals surface area contributed by atoms with Gasteiger partial charge in [-0.15, -0.1) is 11.8 Å². The molecule has 3 aliphatic rings. The number of rotatable bonds is 4. The predicted octanol–water partition coefficient (Wildman–Crippen LogP) is 3.95. The maximum atomic E-state index is 14.5. The van der Waals surface area contributed by atoms with Crippen LogP contribution in [0.3, 0.4) is 0 Å². The molecule has 6 rings (SSSR count). The van der Waals surface area contributed by atoms with Crippen molar-refractivity contribution in [2.75, 3.05) is 16.9 Å². The molecular formula is C25H19FN4O4S. The van der Waals surface area contributed by atoms with E-state index in [9.17, 15) is 24.1 Å². The Bertz CT molecular complexity index is 1390. The van der Waals surface area contributed by atoms with Crippen LogP contribution in [0.1, 0.15) is 27.4 Å². The Balaban J connectivity index is 1.63. The number of anilines is 1. The van der Waals surface area contributed by atoms with Crippen molar-refractivity contribution in [3.05, 3.63) is 99.6 Å². The summed E-state index contributed by atoms with van der Waals surface area (Å²) in [4.78, 5) is 45.2. The average molecular weight is 491 g/mol. The van der Waals surface area contributed by atoms with E-state index in [1.54, 1.807) is 42.2 Å². The van der Waals surface area contributed by atoms with Crippen LogP contribution < -0.4 is 5.32 Å². The van der Waals surface area contributed by atoms with E-state index in [1.807, 2.05) is 4.90 Å². The van der Waals surface area contributed by atoms with E-state index in [1.165, 1.54) is 36.5 Å². The minimum atomic E-state index is -1.45. The number of hydrogen-bond donors (Lipinski definition) is 1. The van der Waals surface area contributed by atoms with Crippen molar-refractivity contribution in [1.29, 1.82) is 0 Å². The van der Waals surface area contributed by atoms with Crippen molar-refractivity contribution < 1.29 is 18.9 Å². The fourth-order valence-corrected chi connectivity index (χ4v) is 7.28. The van der Waals surface area contributed by atoms with Gasteiger partial charge in [-0.3, -0.25) is 29.6 Å². The molecule has 4 heterocycles. The molecule has 4 atom stereocenters. The van der Waals surface area contributed by atoms with Gasteiger partial charge in [0.1, 0.15) is 11.4 Å². The van der Waals surface area contributed by atoms with Crippen LogP contribution in [0.15, 0.2) is 67.0 Å². The summed E-state index contributed by atoms with van der Waals surface area (Å²) in [5.41, 5.74) is 0.289. The first kappa shape index (κ1) is 21.9. The largest absolute Gasteiger partial charge is 0.324 e. The van der Waals surface area contributed by atoms with Crippen molar-refractivity contribution >= 4 is 34.8 Å². The highest BCUT2D eigenvalue weighted by atomic mass is 32.2. The van der Waals surface area contributed by atoms with Gasteiger partial charge in [-0.1, -0.05) is 12.1 Å². The molecule has 2 aromatic carbocycles. The van der Waals surface area contributed by atoms with Crippen molar-refractivity contribution in [2.24, 2.45) is 5.92 Å². The highest BCUT2D eigenvalue weighted by molar-refractivity contribution is 7.99. The van der Waals surface area contributed by atoms with E-state index in [2.05, 4.69) is 10.3 Å². The molecule has 0 radical (unpaired) electrons. The van der Waals surface area contributed by atoms with Gasteiger partial charge in [-0.2, -0.15) is 0 Å². The fraction of sp³-hybridized carbons (Fsp3) is 0.240. The minimum absolute atomic E-state index is 0.0875. The van der Waals surface area contributed by atoms with Gasteiger partial charge >= 0.3 is 0 Å². The lowest BCUT2D eigenvalue weighted by Crippen LogP contribution is -2.52. The second-order valence-corrected chi connectivity index (χ2v) is 9.91. The molecule has 3 aromatic rings. The van der Waals surface area contributed by atoms with Gasteiger partial charge in [-0.25, -0.2) is 4.39 Å². The Morgan fingerprint density at radius 3 is 2.86 bits per heavy atom. The molecule has 0 unspecified atom stereocenters. The Morgan fingerprint density at radius 2 is 2.09 bits per heavy atom. The quantitative estimate of drug-likeness (QED) is 0.335. The fourth-order valence-electron chi connectivity index (χ4n) is 5.95. The number of ketones is 1. The molecular weight excluding hydrogens is 471 g/mol. The lowest BCUT2D eigenvalue weighted by Gasteiger charge is -2.36. The van der Waals surface area contributed by atoms with Gasteiger partial charge in [0.05, 0.1) is 10.8 Å². The third-order valence-corrected chi connectivity index (χ3v) is 8.32. The van der Waals surface area contributed by atoms with E-state index >= 15 is 0 Å². The molecule has 35 heavy (non-hydrogen) atoms. The summed E-state index contributed by atoms with van der Waals surface area (Å²) in [6, 6.07) is 13.4. The predicted molar refractivity (Wildman–Crippen MR) is 128 cm³/mol. The Morgan fingerprint density at radius 1 is 1.23 bits per heavy atom. The number of thioether (sulfide) groups is 1. The molecule has 0 aliphatic carbocycles. The zero-order valence-corrected chi connectivity index (χ0v) is 19.1. The third kappa shape index (κ3) is 3.06. The highest BCUT2D eigenvalue weighted by Gasteiger charge is 2.69. The maximum Gasteiger partial charge on any atom is 0.269 e. The average Bonchev–Trinajstić information content (AvgIpc) is 3.52. The lowest BCUT2D eigenvalue weighted by molar-refractivity contribution is -0.384. The van der Waals surface area contributed by atoms with Gasteiger partial charge < -0.3 is 5.32 Å². The van der Waals surface area contributed by atoms with Gasteiger partial charge in [-0.05, 0) is 35.9 Å². The number of nitro groups is 1. The summed E-state index contributed by atoms with van der Waals surface area (Å²) in [5, 5.41) is 14.4. The third-order valence-electron chi connectivity index (χ3n) is 7.28. The second-order valence-electron chi connectivity index (χ2n) is 8.91. The lowest BCUT2D eigenvalue weighted by atomic mass is 9.69. The monoisotopic (exact) mass is 490 g/mol. The Hall–Kier alpha value is -3.63. The number of halogens is 1. The number of amides is 1. The molecule has 1 N–H and O–H groups in total. The van der Waals surface area contributed by atoms with Gasteiger partial charge in [0.25, 0.3) is 5.69 Å². The van der Waals surface area contributed by atoms with Gasteiger partial charge in [0, 0.05) is 64.9 Å². The molecule has 0 bridgehead atoms. The molecule has 176 valence electrons. The zero-order valence-electron chi connectivity index (χ0n) is 18.3. The van der Waals surface area contributed by atoms with Gasteiger partial charge in [0.2, 0.25) is 5.91 Å². The number of non-ortho nitro benzene ring substituents is 1. The highest BCUT2D eigenvalue weighted by Crippen LogP contribution is 2.61. The van der Waals surface area contributed by atoms with Crippen LogP contribution in [0.4, 0.5) is 15.8 Å². The second kappa shape index (κ2) is 7.96. The van der Waals surface area contributed by atoms with Crippen LogP contribution in [0.5, 0.6) is 0 Å². The number of pyridine rings is 1. The normalized spacial score (nSPS) is 27.0. The summed E-state index contributed by atoms with van der Waals surface area (Å²) in [5.74, 6) is -1.57. The topological polar surface area (TPSA) is 105 Å². The summed E-state index contributed by atoms with van der Waals surface area (Å²) in [6.07, 6.45) is 3.01. The standard InChI is InChI=1S/C25H19FN4O4S/c26-16-6-7-19-18(10-16)25(24(32)28-19)22(23(31)15-4-2-8-27-11-15)21(20-12-35-13-29(20)25)14-3-1-5-17(9-14)30(33)34/h1-11,20-22H,12-13H2,(H,28,32)/t20-,21-,22-,25+/m0/s1. The summed E-state index contributed by atoms with van der Waals surface area (Å²) in [7, 11) is 0. The molecule has 2 saturated heterocycles. The number of nitro benzene ring substituents is 1. The number of benzene rings is 2. The number of hydrogen-bond acceptors (Lipinski definition) is 7. The van der Waals surface area contributed by atoms with E-state index in [0.717, 1.165) is 0 Å². The minimum Gasteiger partial charge on any atom is -0.324 e. The molecule has 3 aliphatic heterocycles. The smallest absolute Gasteiger partial charge is 0.269 e.